The molecule has 130 valence electrons. The number of hydrogen-bond donors (Lipinski definition) is 1. The SMILES string of the molecule is CCOc1ccc(S(=O)(=O)NCc2csc(-c3ccncc3)n2)cc1. The van der Waals surface area contributed by atoms with Crippen LogP contribution < -0.4 is 9.46 Å². The first kappa shape index (κ1) is 17.5. The first-order chi connectivity index (χ1) is 12.1. The van der Waals surface area contributed by atoms with Crippen molar-refractivity contribution in [1.82, 2.24) is 14.7 Å². The number of sulfonamides is 1. The highest BCUT2D eigenvalue weighted by Crippen LogP contribution is 2.23. The zero-order valence-electron chi connectivity index (χ0n) is 13.5. The zero-order valence-corrected chi connectivity index (χ0v) is 15.2. The fraction of sp³-hybridized carbons (Fsp3) is 0.176. The van der Waals surface area contributed by atoms with Gasteiger partial charge in [-0.15, -0.1) is 11.3 Å². The Morgan fingerprint density at radius 1 is 1.12 bits per heavy atom. The molecule has 0 spiro atoms. The van der Waals surface area contributed by atoms with Crippen molar-refractivity contribution in [2.45, 2.75) is 18.4 Å². The largest absolute Gasteiger partial charge is 0.494 e. The van der Waals surface area contributed by atoms with E-state index in [0.29, 0.717) is 18.1 Å². The van der Waals surface area contributed by atoms with Crippen molar-refractivity contribution in [1.29, 1.82) is 0 Å². The Labute approximate surface area is 150 Å². The average molecular weight is 375 g/mol. The van der Waals surface area contributed by atoms with Crippen molar-refractivity contribution in [3.8, 4) is 16.3 Å². The molecule has 1 N–H and O–H groups in total. The number of thiazole rings is 1. The molecule has 0 aliphatic carbocycles. The van der Waals surface area contributed by atoms with E-state index in [9.17, 15) is 8.42 Å². The number of nitrogens with one attached hydrogen (secondary N) is 1. The first-order valence-electron chi connectivity index (χ1n) is 7.66. The second-order valence-electron chi connectivity index (χ2n) is 5.11. The van der Waals surface area contributed by atoms with Gasteiger partial charge in [-0.05, 0) is 43.3 Å². The van der Waals surface area contributed by atoms with Gasteiger partial charge in [-0.1, -0.05) is 0 Å². The van der Waals surface area contributed by atoms with Crippen LogP contribution in [0.4, 0.5) is 0 Å². The quantitative estimate of drug-likeness (QED) is 0.686. The summed E-state index contributed by atoms with van der Waals surface area (Å²) < 4.78 is 32.6. The fourth-order valence-electron chi connectivity index (χ4n) is 2.15. The number of hydrogen-bond acceptors (Lipinski definition) is 6. The predicted octanol–water partition coefficient (Wildman–Crippen LogP) is 3.08. The third kappa shape index (κ3) is 4.41. The van der Waals surface area contributed by atoms with Gasteiger partial charge >= 0.3 is 0 Å². The number of pyridine rings is 1. The molecule has 0 bridgehead atoms. The smallest absolute Gasteiger partial charge is 0.240 e. The lowest BCUT2D eigenvalue weighted by Gasteiger charge is -2.07. The molecule has 3 aromatic rings. The summed E-state index contributed by atoms with van der Waals surface area (Å²) in [6.07, 6.45) is 3.40. The monoisotopic (exact) mass is 375 g/mol. The molecule has 0 amide bonds. The van der Waals surface area contributed by atoms with Crippen molar-refractivity contribution in [2.75, 3.05) is 6.61 Å². The number of aromatic nitrogens is 2. The van der Waals surface area contributed by atoms with Crippen LogP contribution in [-0.4, -0.2) is 25.0 Å². The fourth-order valence-corrected chi connectivity index (χ4v) is 3.97. The summed E-state index contributed by atoms with van der Waals surface area (Å²) in [5, 5.41) is 2.67. The molecule has 0 saturated heterocycles. The van der Waals surface area contributed by atoms with E-state index in [1.807, 2.05) is 24.4 Å². The number of nitrogens with zero attached hydrogens (tertiary/aromatic N) is 2. The van der Waals surface area contributed by atoms with E-state index in [-0.39, 0.29) is 11.4 Å². The van der Waals surface area contributed by atoms with Gasteiger partial charge in [0, 0.05) is 23.3 Å². The Morgan fingerprint density at radius 3 is 2.52 bits per heavy atom. The molecule has 0 fully saturated rings. The minimum Gasteiger partial charge on any atom is -0.494 e. The van der Waals surface area contributed by atoms with E-state index in [2.05, 4.69) is 14.7 Å². The van der Waals surface area contributed by atoms with E-state index in [1.54, 1.807) is 24.5 Å². The van der Waals surface area contributed by atoms with Crippen molar-refractivity contribution in [3.63, 3.8) is 0 Å². The summed E-state index contributed by atoms with van der Waals surface area (Å²) in [4.78, 5) is 8.63. The van der Waals surface area contributed by atoms with Gasteiger partial charge in [-0.2, -0.15) is 0 Å². The molecule has 0 radical (unpaired) electrons. The Morgan fingerprint density at radius 2 is 1.84 bits per heavy atom. The Balaban J connectivity index is 1.67. The highest BCUT2D eigenvalue weighted by Gasteiger charge is 2.15. The van der Waals surface area contributed by atoms with Crippen LogP contribution >= 0.6 is 11.3 Å². The van der Waals surface area contributed by atoms with Gasteiger partial charge in [-0.3, -0.25) is 4.98 Å². The van der Waals surface area contributed by atoms with Gasteiger partial charge in [0.25, 0.3) is 0 Å². The van der Waals surface area contributed by atoms with Crippen LogP contribution in [0.15, 0.2) is 59.1 Å². The van der Waals surface area contributed by atoms with Crippen LogP contribution in [-0.2, 0) is 16.6 Å². The maximum atomic E-state index is 12.4. The minimum atomic E-state index is -3.60. The molecule has 2 aromatic heterocycles. The standard InChI is InChI=1S/C17H17N3O3S2/c1-2-23-15-3-5-16(6-4-15)25(21,22)19-11-14-12-24-17(20-14)13-7-9-18-10-8-13/h3-10,12,19H,2,11H2,1H3. The van der Waals surface area contributed by atoms with Gasteiger partial charge in [0.15, 0.2) is 0 Å². The second-order valence-corrected chi connectivity index (χ2v) is 7.73. The lowest BCUT2D eigenvalue weighted by molar-refractivity contribution is 0.340. The summed E-state index contributed by atoms with van der Waals surface area (Å²) in [6.45, 7) is 2.55. The number of ether oxygens (including phenoxy) is 1. The Kier molecular flexibility index (Phi) is 5.42. The van der Waals surface area contributed by atoms with Crippen molar-refractivity contribution < 1.29 is 13.2 Å². The molecule has 0 aliphatic rings. The summed E-state index contributed by atoms with van der Waals surface area (Å²) >= 11 is 1.47. The van der Waals surface area contributed by atoms with Crippen molar-refractivity contribution >= 4 is 21.4 Å². The maximum Gasteiger partial charge on any atom is 0.240 e. The normalized spacial score (nSPS) is 11.4. The summed E-state index contributed by atoms with van der Waals surface area (Å²) in [6, 6.07) is 10.1. The molecule has 1 aromatic carbocycles. The predicted molar refractivity (Wildman–Crippen MR) is 97.0 cm³/mol. The number of benzene rings is 1. The van der Waals surface area contributed by atoms with Crippen LogP contribution in [0.2, 0.25) is 0 Å². The third-order valence-electron chi connectivity index (χ3n) is 3.37. The molecule has 6 nitrogen and oxygen atoms in total. The summed E-state index contributed by atoms with van der Waals surface area (Å²) in [5.41, 5.74) is 1.63. The topological polar surface area (TPSA) is 81.2 Å². The zero-order chi connectivity index (χ0) is 17.7. The summed E-state index contributed by atoms with van der Waals surface area (Å²) in [5.74, 6) is 0.642. The van der Waals surface area contributed by atoms with E-state index >= 15 is 0 Å². The van der Waals surface area contributed by atoms with E-state index in [1.165, 1.54) is 23.5 Å². The summed E-state index contributed by atoms with van der Waals surface area (Å²) in [7, 11) is -3.60. The second kappa shape index (κ2) is 7.73. The molecule has 8 heteroatoms. The highest BCUT2D eigenvalue weighted by molar-refractivity contribution is 7.89. The lowest BCUT2D eigenvalue weighted by Crippen LogP contribution is -2.23. The highest BCUT2D eigenvalue weighted by atomic mass is 32.2. The maximum absolute atomic E-state index is 12.4. The molecule has 25 heavy (non-hydrogen) atoms. The Bertz CT molecular complexity index is 923. The molecular weight excluding hydrogens is 358 g/mol. The third-order valence-corrected chi connectivity index (χ3v) is 5.72. The molecule has 0 aliphatic heterocycles. The van der Waals surface area contributed by atoms with Crippen LogP contribution in [0.1, 0.15) is 12.6 Å². The Hall–Kier alpha value is -2.29. The van der Waals surface area contributed by atoms with Crippen LogP contribution in [0.5, 0.6) is 5.75 Å². The first-order valence-corrected chi connectivity index (χ1v) is 10.0. The number of rotatable bonds is 7. The van der Waals surface area contributed by atoms with E-state index < -0.39 is 10.0 Å². The van der Waals surface area contributed by atoms with Gasteiger partial charge in [0.05, 0.1) is 23.7 Å². The van der Waals surface area contributed by atoms with Gasteiger partial charge in [0.2, 0.25) is 10.0 Å². The van der Waals surface area contributed by atoms with Gasteiger partial charge in [0.1, 0.15) is 10.8 Å². The van der Waals surface area contributed by atoms with E-state index in [0.717, 1.165) is 10.6 Å². The van der Waals surface area contributed by atoms with Crippen LogP contribution in [0.3, 0.4) is 0 Å². The van der Waals surface area contributed by atoms with Crippen LogP contribution in [0.25, 0.3) is 10.6 Å². The average Bonchev–Trinajstić information content (AvgIpc) is 3.11. The van der Waals surface area contributed by atoms with Crippen molar-refractivity contribution in [3.05, 3.63) is 59.9 Å². The van der Waals surface area contributed by atoms with Crippen molar-refractivity contribution in [2.24, 2.45) is 0 Å². The molecular formula is C17H17N3O3S2. The molecule has 3 rings (SSSR count). The molecule has 0 unspecified atom stereocenters. The van der Waals surface area contributed by atoms with Crippen LogP contribution in [0, 0.1) is 0 Å². The van der Waals surface area contributed by atoms with E-state index in [4.69, 9.17) is 4.74 Å². The van der Waals surface area contributed by atoms with Gasteiger partial charge in [-0.25, -0.2) is 18.1 Å². The molecule has 0 saturated carbocycles. The minimum absolute atomic E-state index is 0.136. The lowest BCUT2D eigenvalue weighted by atomic mass is 10.3. The molecule has 2 heterocycles. The molecule has 0 atom stereocenters. The van der Waals surface area contributed by atoms with Gasteiger partial charge < -0.3 is 4.74 Å².